The van der Waals surface area contributed by atoms with Gasteiger partial charge in [0.1, 0.15) is 0 Å². The summed E-state index contributed by atoms with van der Waals surface area (Å²) in [5.41, 5.74) is 0. The number of carboxylic acids is 1. The van der Waals surface area contributed by atoms with Crippen LogP contribution < -0.4 is 5.32 Å². The van der Waals surface area contributed by atoms with E-state index in [4.69, 9.17) is 5.11 Å². The van der Waals surface area contributed by atoms with E-state index in [1.54, 1.807) is 0 Å². The topological polar surface area (TPSA) is 52.6 Å². The molecule has 0 aliphatic carbocycles. The highest BCUT2D eigenvalue weighted by Crippen LogP contribution is 2.14. The van der Waals surface area contributed by atoms with Crippen LogP contribution in [0.4, 0.5) is 0 Å². The molecule has 13 heavy (non-hydrogen) atoms. The maximum atomic E-state index is 10.3. The summed E-state index contributed by atoms with van der Waals surface area (Å²) >= 11 is 0. The summed E-state index contributed by atoms with van der Waals surface area (Å²) in [7, 11) is 1.96. The van der Waals surface area contributed by atoms with Crippen LogP contribution in [0, 0.1) is 5.92 Å². The van der Waals surface area contributed by atoms with Crippen LogP contribution in [-0.2, 0) is 4.79 Å². The fourth-order valence-corrected chi connectivity index (χ4v) is 1.83. The average Bonchev–Trinajstić information content (AvgIpc) is 2.50. The third-order valence-corrected chi connectivity index (χ3v) is 2.50. The predicted molar refractivity (Wildman–Crippen MR) is 50.7 cm³/mol. The minimum atomic E-state index is -0.697. The molecule has 0 saturated carbocycles. The molecule has 1 aliphatic rings. The summed E-state index contributed by atoms with van der Waals surface area (Å²) < 4.78 is 0. The molecule has 1 unspecified atom stereocenters. The zero-order valence-corrected chi connectivity index (χ0v) is 8.12. The maximum Gasteiger partial charge on any atom is 0.304 e. The number of rotatable bonds is 5. The first-order chi connectivity index (χ1) is 6.22. The summed E-state index contributed by atoms with van der Waals surface area (Å²) in [6, 6.07) is 0. The smallest absolute Gasteiger partial charge is 0.304 e. The van der Waals surface area contributed by atoms with Crippen LogP contribution in [0.2, 0.25) is 0 Å². The van der Waals surface area contributed by atoms with Gasteiger partial charge in [-0.2, -0.15) is 0 Å². The molecule has 1 aliphatic heterocycles. The minimum absolute atomic E-state index is 0.270. The Hall–Kier alpha value is -0.610. The zero-order valence-electron chi connectivity index (χ0n) is 8.12. The molecule has 76 valence electrons. The van der Waals surface area contributed by atoms with Crippen molar-refractivity contribution >= 4 is 5.97 Å². The van der Waals surface area contributed by atoms with Crippen LogP contribution in [0.25, 0.3) is 0 Å². The molecule has 1 atom stereocenters. The van der Waals surface area contributed by atoms with E-state index >= 15 is 0 Å². The van der Waals surface area contributed by atoms with Gasteiger partial charge in [-0.3, -0.25) is 4.79 Å². The molecule has 0 aromatic carbocycles. The molecular weight excluding hydrogens is 168 g/mol. The number of nitrogens with zero attached hydrogens (tertiary/aromatic N) is 1. The number of carbonyl (C=O) groups is 1. The number of hydrogen-bond donors (Lipinski definition) is 2. The molecule has 4 nitrogen and oxygen atoms in total. The van der Waals surface area contributed by atoms with Gasteiger partial charge >= 0.3 is 5.97 Å². The molecule has 2 N–H and O–H groups in total. The third kappa shape index (κ3) is 3.74. The lowest BCUT2D eigenvalue weighted by Crippen LogP contribution is -2.26. The van der Waals surface area contributed by atoms with Crippen molar-refractivity contribution in [3.05, 3.63) is 0 Å². The Morgan fingerprint density at radius 2 is 2.46 bits per heavy atom. The van der Waals surface area contributed by atoms with Crippen molar-refractivity contribution in [2.24, 2.45) is 5.92 Å². The number of nitrogens with one attached hydrogen (secondary N) is 1. The van der Waals surface area contributed by atoms with Crippen molar-refractivity contribution in [1.29, 1.82) is 0 Å². The number of hydrogen-bond acceptors (Lipinski definition) is 3. The second-order valence-electron chi connectivity index (χ2n) is 3.66. The molecule has 1 rings (SSSR count). The zero-order chi connectivity index (χ0) is 9.68. The quantitative estimate of drug-likeness (QED) is 0.634. The van der Waals surface area contributed by atoms with E-state index in [0.29, 0.717) is 12.5 Å². The molecule has 4 heteroatoms. The maximum absolute atomic E-state index is 10.3. The van der Waals surface area contributed by atoms with E-state index < -0.39 is 5.97 Å². The Labute approximate surface area is 78.9 Å². The lowest BCUT2D eigenvalue weighted by molar-refractivity contribution is -0.137. The van der Waals surface area contributed by atoms with Crippen molar-refractivity contribution in [1.82, 2.24) is 10.2 Å². The average molecular weight is 186 g/mol. The Kier molecular flexibility index (Phi) is 4.18. The monoisotopic (exact) mass is 186 g/mol. The van der Waals surface area contributed by atoms with Crippen LogP contribution in [0.3, 0.4) is 0 Å². The van der Waals surface area contributed by atoms with Crippen molar-refractivity contribution in [2.45, 2.75) is 12.8 Å². The van der Waals surface area contributed by atoms with Crippen LogP contribution in [0.15, 0.2) is 0 Å². The summed E-state index contributed by atoms with van der Waals surface area (Å²) in [6.07, 6.45) is 1.47. The first kappa shape index (κ1) is 10.5. The number of likely N-dealkylation sites (tertiary alicyclic amines) is 1. The summed E-state index contributed by atoms with van der Waals surface area (Å²) in [5, 5.41) is 11.7. The van der Waals surface area contributed by atoms with Gasteiger partial charge in [0, 0.05) is 13.1 Å². The van der Waals surface area contributed by atoms with Crippen molar-refractivity contribution in [3.8, 4) is 0 Å². The normalized spacial score (nSPS) is 23.6. The SMILES string of the molecule is CNCC1CCN(CCC(=O)O)C1. The molecule has 0 radical (unpaired) electrons. The Balaban J connectivity index is 2.13. The fourth-order valence-electron chi connectivity index (χ4n) is 1.83. The highest BCUT2D eigenvalue weighted by Gasteiger charge is 2.21. The highest BCUT2D eigenvalue weighted by molar-refractivity contribution is 5.66. The Morgan fingerprint density at radius 3 is 3.08 bits per heavy atom. The van der Waals surface area contributed by atoms with Crippen molar-refractivity contribution in [3.63, 3.8) is 0 Å². The molecule has 0 spiro atoms. The van der Waals surface area contributed by atoms with Gasteiger partial charge in [0.15, 0.2) is 0 Å². The van der Waals surface area contributed by atoms with Gasteiger partial charge in [0.2, 0.25) is 0 Å². The van der Waals surface area contributed by atoms with Gasteiger partial charge in [0.05, 0.1) is 6.42 Å². The van der Waals surface area contributed by atoms with Crippen molar-refractivity contribution < 1.29 is 9.90 Å². The molecule has 0 aromatic rings. The van der Waals surface area contributed by atoms with E-state index in [1.165, 1.54) is 6.42 Å². The third-order valence-electron chi connectivity index (χ3n) is 2.50. The molecule has 0 aromatic heterocycles. The standard InChI is InChI=1S/C9H18N2O2/c1-10-6-8-2-4-11(7-8)5-3-9(12)13/h8,10H,2-7H2,1H3,(H,12,13). The van der Waals surface area contributed by atoms with Gasteiger partial charge in [-0.15, -0.1) is 0 Å². The van der Waals surface area contributed by atoms with Gasteiger partial charge < -0.3 is 15.3 Å². The molecule has 1 heterocycles. The van der Waals surface area contributed by atoms with E-state index in [-0.39, 0.29) is 6.42 Å². The lowest BCUT2D eigenvalue weighted by Gasteiger charge is -2.14. The summed E-state index contributed by atoms with van der Waals surface area (Å²) in [4.78, 5) is 12.6. The molecule has 1 saturated heterocycles. The lowest BCUT2D eigenvalue weighted by atomic mass is 10.1. The van der Waals surface area contributed by atoms with Crippen LogP contribution in [0.5, 0.6) is 0 Å². The van der Waals surface area contributed by atoms with Gasteiger partial charge in [-0.05, 0) is 32.5 Å². The molecule has 0 bridgehead atoms. The van der Waals surface area contributed by atoms with Gasteiger partial charge in [0.25, 0.3) is 0 Å². The largest absolute Gasteiger partial charge is 0.481 e. The van der Waals surface area contributed by atoms with Crippen LogP contribution in [-0.4, -0.2) is 49.2 Å². The Bertz CT molecular complexity index is 173. The highest BCUT2D eigenvalue weighted by atomic mass is 16.4. The van der Waals surface area contributed by atoms with Crippen LogP contribution in [0.1, 0.15) is 12.8 Å². The van der Waals surface area contributed by atoms with E-state index in [1.807, 2.05) is 7.05 Å². The summed E-state index contributed by atoms with van der Waals surface area (Å²) in [6.45, 7) is 3.85. The second-order valence-corrected chi connectivity index (χ2v) is 3.66. The minimum Gasteiger partial charge on any atom is -0.481 e. The van der Waals surface area contributed by atoms with Gasteiger partial charge in [-0.25, -0.2) is 0 Å². The number of carboxylic acid groups (broad SMARTS) is 1. The second kappa shape index (κ2) is 5.19. The first-order valence-electron chi connectivity index (χ1n) is 4.81. The van der Waals surface area contributed by atoms with Crippen LogP contribution >= 0.6 is 0 Å². The van der Waals surface area contributed by atoms with E-state index in [9.17, 15) is 4.79 Å². The Morgan fingerprint density at radius 1 is 1.69 bits per heavy atom. The van der Waals surface area contributed by atoms with E-state index in [2.05, 4.69) is 10.2 Å². The first-order valence-corrected chi connectivity index (χ1v) is 4.81. The molecule has 0 amide bonds. The number of aliphatic carboxylic acids is 1. The van der Waals surface area contributed by atoms with Gasteiger partial charge in [-0.1, -0.05) is 0 Å². The summed E-state index contributed by atoms with van der Waals surface area (Å²) in [5.74, 6) is 0.0101. The molecular formula is C9H18N2O2. The van der Waals surface area contributed by atoms with E-state index in [0.717, 1.165) is 19.6 Å². The van der Waals surface area contributed by atoms with Crippen molar-refractivity contribution in [2.75, 3.05) is 33.2 Å². The fraction of sp³-hybridized carbons (Fsp3) is 0.889. The predicted octanol–water partition coefficient (Wildman–Crippen LogP) is 0.00240. The molecule has 1 fully saturated rings.